The fraction of sp³-hybridized carbons (Fsp3) is 0. The monoisotopic (exact) mass is 201 g/mol. The zero-order valence-corrected chi connectivity index (χ0v) is 7.42. The molecule has 0 atom stereocenters. The standard InChI is InChI=1S/C7H5N8/c1-4(7-8-3-11-14-7)6(13-9-1)5-2-10-15-12-5/h1-3H,(H,8,11,14)(H,10,12,15). The van der Waals surface area contributed by atoms with Crippen molar-refractivity contribution in [1.29, 1.82) is 0 Å². The first-order chi connectivity index (χ1) is 7.45. The summed E-state index contributed by atoms with van der Waals surface area (Å²) in [6, 6.07) is 0. The van der Waals surface area contributed by atoms with Crippen molar-refractivity contribution < 1.29 is 0 Å². The van der Waals surface area contributed by atoms with Gasteiger partial charge in [0.25, 0.3) is 0 Å². The number of hydrogen-bond acceptors (Lipinski definition) is 5. The van der Waals surface area contributed by atoms with Crippen LogP contribution in [-0.2, 0) is 0 Å². The highest BCUT2D eigenvalue weighted by Gasteiger charge is 2.20. The summed E-state index contributed by atoms with van der Waals surface area (Å²) in [4.78, 5) is 4.02. The molecule has 0 aliphatic carbocycles. The Hall–Kier alpha value is -2.51. The maximum atomic E-state index is 4.02. The molecule has 1 aliphatic heterocycles. The van der Waals surface area contributed by atoms with Gasteiger partial charge in [0, 0.05) is 0 Å². The van der Waals surface area contributed by atoms with Crippen molar-refractivity contribution in [3.05, 3.63) is 24.0 Å². The quantitative estimate of drug-likeness (QED) is 0.675. The Bertz CT molecular complexity index is 505. The minimum atomic E-state index is 0.540. The van der Waals surface area contributed by atoms with Crippen LogP contribution in [-0.4, -0.2) is 36.8 Å². The van der Waals surface area contributed by atoms with Crippen molar-refractivity contribution in [3.63, 3.8) is 0 Å². The van der Waals surface area contributed by atoms with Crippen LogP contribution in [0, 0.1) is 0 Å². The van der Waals surface area contributed by atoms with E-state index in [0.717, 1.165) is 5.57 Å². The molecule has 0 amide bonds. The van der Waals surface area contributed by atoms with Crippen LogP contribution in [0.1, 0.15) is 11.5 Å². The van der Waals surface area contributed by atoms with Crippen molar-refractivity contribution in [1.82, 2.24) is 36.0 Å². The number of H-pyrrole nitrogens is 2. The molecular formula is C7H5N8. The lowest BCUT2D eigenvalue weighted by atomic mass is 10.2. The first kappa shape index (κ1) is 7.85. The summed E-state index contributed by atoms with van der Waals surface area (Å²) in [6.07, 6.45) is 4.72. The first-order valence-electron chi connectivity index (χ1n) is 4.16. The summed E-state index contributed by atoms with van der Waals surface area (Å²) < 4.78 is 0. The number of nitrogens with one attached hydrogen (secondary N) is 2. The maximum Gasteiger partial charge on any atom is 0.184 e. The van der Waals surface area contributed by atoms with Gasteiger partial charge in [-0.2, -0.15) is 10.2 Å². The third-order valence-electron chi connectivity index (χ3n) is 1.91. The van der Waals surface area contributed by atoms with Gasteiger partial charge in [-0.05, 0) is 0 Å². The second-order valence-electron chi connectivity index (χ2n) is 2.79. The number of rotatable bonds is 2. The van der Waals surface area contributed by atoms with E-state index in [-0.39, 0.29) is 0 Å². The lowest BCUT2D eigenvalue weighted by molar-refractivity contribution is 0.922. The molecule has 1 radical (unpaired) electrons. The van der Waals surface area contributed by atoms with Crippen LogP contribution in [0.4, 0.5) is 0 Å². The van der Waals surface area contributed by atoms with Crippen molar-refractivity contribution in [2.45, 2.75) is 0 Å². The third-order valence-corrected chi connectivity index (χ3v) is 1.91. The van der Waals surface area contributed by atoms with Gasteiger partial charge in [0.05, 0.1) is 18.0 Å². The molecule has 0 saturated carbocycles. The Morgan fingerprint density at radius 1 is 1.20 bits per heavy atom. The van der Waals surface area contributed by atoms with E-state index in [9.17, 15) is 0 Å². The molecule has 0 unspecified atom stereocenters. The van der Waals surface area contributed by atoms with Gasteiger partial charge in [0.1, 0.15) is 17.7 Å². The number of aromatic nitrogens is 6. The van der Waals surface area contributed by atoms with Crippen molar-refractivity contribution in [3.8, 4) is 0 Å². The molecule has 2 aromatic heterocycles. The predicted octanol–water partition coefficient (Wildman–Crippen LogP) is -0.605. The topological polar surface area (TPSA) is 110 Å². The second-order valence-corrected chi connectivity index (χ2v) is 2.79. The van der Waals surface area contributed by atoms with Crippen molar-refractivity contribution in [2.75, 3.05) is 0 Å². The van der Waals surface area contributed by atoms with Crippen molar-refractivity contribution in [2.24, 2.45) is 5.10 Å². The van der Waals surface area contributed by atoms with E-state index in [1.165, 1.54) is 6.33 Å². The van der Waals surface area contributed by atoms with Gasteiger partial charge in [0.2, 0.25) is 0 Å². The zero-order chi connectivity index (χ0) is 10.1. The van der Waals surface area contributed by atoms with Gasteiger partial charge >= 0.3 is 0 Å². The minimum absolute atomic E-state index is 0.540. The molecule has 0 bridgehead atoms. The van der Waals surface area contributed by atoms with E-state index < -0.39 is 0 Å². The molecule has 2 N–H and O–H groups in total. The summed E-state index contributed by atoms with van der Waals surface area (Å²) in [6.45, 7) is 0. The number of allylic oxidation sites excluding steroid dienone is 1. The van der Waals surface area contributed by atoms with Crippen LogP contribution in [0.5, 0.6) is 0 Å². The maximum absolute atomic E-state index is 4.02. The van der Waals surface area contributed by atoms with E-state index in [4.69, 9.17) is 0 Å². The third kappa shape index (κ3) is 1.19. The Balaban J connectivity index is 2.11. The highest BCUT2D eigenvalue weighted by atomic mass is 15.4. The lowest BCUT2D eigenvalue weighted by Crippen LogP contribution is -1.96. The average Bonchev–Trinajstić information content (AvgIpc) is 3.01. The summed E-state index contributed by atoms with van der Waals surface area (Å²) >= 11 is 0. The largest absolute Gasteiger partial charge is 0.265 e. The summed E-state index contributed by atoms with van der Waals surface area (Å²) in [5.74, 6) is 0.540. The van der Waals surface area contributed by atoms with Crippen LogP contribution in [0.25, 0.3) is 11.3 Å². The van der Waals surface area contributed by atoms with Gasteiger partial charge in [-0.25, -0.2) is 4.98 Å². The Labute approximate surface area is 83.5 Å². The molecule has 15 heavy (non-hydrogen) atoms. The summed E-state index contributed by atoms with van der Waals surface area (Å²) in [7, 11) is 0. The van der Waals surface area contributed by atoms with Crippen LogP contribution in [0.2, 0.25) is 0 Å². The highest BCUT2D eigenvalue weighted by Crippen LogP contribution is 2.22. The normalized spacial score (nSPS) is 14.7. The van der Waals surface area contributed by atoms with Gasteiger partial charge in [0.15, 0.2) is 5.82 Å². The smallest absolute Gasteiger partial charge is 0.184 e. The van der Waals surface area contributed by atoms with E-state index in [1.807, 2.05) is 0 Å². The van der Waals surface area contributed by atoms with Crippen molar-refractivity contribution >= 4 is 17.5 Å². The fourth-order valence-electron chi connectivity index (χ4n) is 1.27. The molecule has 0 fully saturated rings. The SMILES string of the molecule is C1=N[N]C(c2c[nH]nn2)=C1c1nc[nH]n1. The Morgan fingerprint density at radius 2 is 2.20 bits per heavy atom. The van der Waals surface area contributed by atoms with Gasteiger partial charge in [-0.3, -0.25) is 10.2 Å². The molecule has 0 spiro atoms. The molecule has 0 aromatic carbocycles. The molecule has 0 saturated heterocycles. The molecule has 8 nitrogen and oxygen atoms in total. The molecule has 3 rings (SSSR count). The highest BCUT2D eigenvalue weighted by molar-refractivity contribution is 6.19. The van der Waals surface area contributed by atoms with Gasteiger partial charge in [-0.1, -0.05) is 5.21 Å². The fourth-order valence-corrected chi connectivity index (χ4v) is 1.27. The number of nitrogens with zero attached hydrogens (tertiary/aromatic N) is 6. The molecule has 1 aliphatic rings. The summed E-state index contributed by atoms with van der Waals surface area (Å²) in [5, 5.41) is 20.5. The van der Waals surface area contributed by atoms with E-state index in [0.29, 0.717) is 17.2 Å². The molecule has 3 heterocycles. The predicted molar refractivity (Wildman–Crippen MR) is 50.2 cm³/mol. The lowest BCUT2D eigenvalue weighted by Gasteiger charge is -1.95. The van der Waals surface area contributed by atoms with E-state index in [2.05, 4.69) is 41.1 Å². The second kappa shape index (κ2) is 3.01. The van der Waals surface area contributed by atoms with Gasteiger partial charge in [-0.15, -0.1) is 10.5 Å². The minimum Gasteiger partial charge on any atom is -0.265 e. The Morgan fingerprint density at radius 3 is 2.93 bits per heavy atom. The Kier molecular flexibility index (Phi) is 1.58. The number of aromatic amines is 2. The van der Waals surface area contributed by atoms with Crippen LogP contribution in [0.3, 0.4) is 0 Å². The van der Waals surface area contributed by atoms with Crippen LogP contribution >= 0.6 is 0 Å². The van der Waals surface area contributed by atoms with E-state index in [1.54, 1.807) is 12.4 Å². The molecule has 2 aromatic rings. The number of hydrogen-bond donors (Lipinski definition) is 2. The molecule has 73 valence electrons. The molecular weight excluding hydrogens is 196 g/mol. The zero-order valence-electron chi connectivity index (χ0n) is 7.42. The molecule has 8 heteroatoms. The van der Waals surface area contributed by atoms with Crippen LogP contribution < -0.4 is 5.43 Å². The average molecular weight is 201 g/mol. The summed E-state index contributed by atoms with van der Waals surface area (Å²) in [5.41, 5.74) is 5.91. The van der Waals surface area contributed by atoms with E-state index >= 15 is 0 Å². The van der Waals surface area contributed by atoms with Gasteiger partial charge < -0.3 is 0 Å². The van der Waals surface area contributed by atoms with Crippen LogP contribution in [0.15, 0.2) is 17.6 Å². The first-order valence-corrected chi connectivity index (χ1v) is 4.16.